The van der Waals surface area contributed by atoms with Crippen LogP contribution in [0.5, 0.6) is 0 Å². The molecule has 9 heteroatoms. The molecule has 5 nitrogen and oxygen atoms in total. The monoisotopic (exact) mass is 400 g/mol. The van der Waals surface area contributed by atoms with E-state index in [1.165, 1.54) is 23.1 Å². The molecule has 0 saturated heterocycles. The fourth-order valence-electron chi connectivity index (χ4n) is 1.90. The molecule has 1 N–H and O–H groups in total. The summed E-state index contributed by atoms with van der Waals surface area (Å²) < 4.78 is 5.69. The molecule has 3 aromatic rings. The minimum Gasteiger partial charge on any atom is -0.457 e. The summed E-state index contributed by atoms with van der Waals surface area (Å²) >= 11 is 14.5. The molecular formula is C15H10Cl2N2O3S2. The van der Waals surface area contributed by atoms with Gasteiger partial charge >= 0.3 is 5.97 Å². The fraction of sp³-hybridized carbons (Fsp3) is 0.133. The van der Waals surface area contributed by atoms with Crippen molar-refractivity contribution in [1.29, 1.82) is 0 Å². The van der Waals surface area contributed by atoms with Gasteiger partial charge in [0.15, 0.2) is 0 Å². The number of ether oxygens (including phenoxy) is 1. The van der Waals surface area contributed by atoms with Gasteiger partial charge in [0, 0.05) is 9.92 Å². The number of rotatable bonds is 5. The largest absolute Gasteiger partial charge is 0.457 e. The van der Waals surface area contributed by atoms with Gasteiger partial charge in [-0.2, -0.15) is 0 Å². The third-order valence-electron chi connectivity index (χ3n) is 2.97. The molecule has 0 spiro atoms. The quantitative estimate of drug-likeness (QED) is 0.514. The zero-order valence-corrected chi connectivity index (χ0v) is 15.2. The molecule has 24 heavy (non-hydrogen) atoms. The van der Waals surface area contributed by atoms with Gasteiger partial charge in [-0.25, -0.2) is 4.98 Å². The van der Waals surface area contributed by atoms with Gasteiger partial charge in [0.2, 0.25) is 0 Å². The molecule has 0 fully saturated rings. The number of hydrogen-bond donors (Lipinski definition) is 1. The first-order valence-electron chi connectivity index (χ1n) is 6.73. The summed E-state index contributed by atoms with van der Waals surface area (Å²) in [4.78, 5) is 31.2. The Morgan fingerprint density at radius 3 is 3.00 bits per heavy atom. The van der Waals surface area contributed by atoms with Crippen LogP contribution in [0.3, 0.4) is 0 Å². The normalized spacial score (nSPS) is 10.9. The molecule has 0 saturated carbocycles. The van der Waals surface area contributed by atoms with Crippen molar-refractivity contribution in [3.05, 3.63) is 55.9 Å². The second kappa shape index (κ2) is 7.57. The molecule has 2 aromatic heterocycles. The number of fused-ring (bicyclic) bond motifs is 1. The average Bonchev–Trinajstić information content (AvgIpc) is 3.03. The van der Waals surface area contributed by atoms with Gasteiger partial charge in [-0.15, -0.1) is 23.1 Å². The molecule has 0 bridgehead atoms. The number of carbonyl (C=O) groups is 1. The number of aromatic amines is 1. The zero-order valence-electron chi connectivity index (χ0n) is 12.0. The SMILES string of the molecule is O=C(CSc1cc(Cl)ccc1Cl)OCc1nc2ccsc2c(=O)[nH]1. The molecule has 124 valence electrons. The standard InChI is InChI=1S/C15H10Cl2N2O3S2/c16-8-1-2-9(17)11(5-8)24-7-13(20)22-6-12-18-10-3-4-23-14(10)15(21)19-12/h1-5H,6-7H2,(H,18,19,21). The lowest BCUT2D eigenvalue weighted by atomic mass is 10.4. The van der Waals surface area contributed by atoms with E-state index in [1.54, 1.807) is 29.6 Å². The molecule has 0 radical (unpaired) electrons. The highest BCUT2D eigenvalue weighted by atomic mass is 35.5. The van der Waals surface area contributed by atoms with Gasteiger partial charge in [0.05, 0.1) is 16.3 Å². The Bertz CT molecular complexity index is 955. The van der Waals surface area contributed by atoms with E-state index in [9.17, 15) is 9.59 Å². The van der Waals surface area contributed by atoms with Crippen molar-refractivity contribution < 1.29 is 9.53 Å². The average molecular weight is 401 g/mol. The number of thiophene rings is 1. The van der Waals surface area contributed by atoms with Crippen LogP contribution < -0.4 is 5.56 Å². The van der Waals surface area contributed by atoms with E-state index in [2.05, 4.69) is 9.97 Å². The molecule has 0 unspecified atom stereocenters. The van der Waals surface area contributed by atoms with Crippen LogP contribution in [-0.4, -0.2) is 21.7 Å². The smallest absolute Gasteiger partial charge is 0.316 e. The number of esters is 1. The maximum Gasteiger partial charge on any atom is 0.316 e. The van der Waals surface area contributed by atoms with Crippen molar-refractivity contribution in [2.45, 2.75) is 11.5 Å². The number of benzene rings is 1. The zero-order chi connectivity index (χ0) is 17.1. The van der Waals surface area contributed by atoms with Crippen molar-refractivity contribution in [3.63, 3.8) is 0 Å². The van der Waals surface area contributed by atoms with E-state index in [0.717, 1.165) is 0 Å². The molecule has 0 aliphatic carbocycles. The van der Waals surface area contributed by atoms with E-state index < -0.39 is 5.97 Å². The Labute approximate surface area is 155 Å². The van der Waals surface area contributed by atoms with Gasteiger partial charge in [0.25, 0.3) is 5.56 Å². The molecule has 1 aromatic carbocycles. The predicted molar refractivity (Wildman–Crippen MR) is 97.2 cm³/mol. The highest BCUT2D eigenvalue weighted by molar-refractivity contribution is 8.00. The Morgan fingerprint density at radius 1 is 1.33 bits per heavy atom. The summed E-state index contributed by atoms with van der Waals surface area (Å²) in [6.45, 7) is -0.0936. The van der Waals surface area contributed by atoms with Crippen LogP contribution in [0.25, 0.3) is 10.2 Å². The number of thioether (sulfide) groups is 1. The first-order valence-corrected chi connectivity index (χ1v) is 9.35. The number of hydrogen-bond acceptors (Lipinski definition) is 6. The predicted octanol–water partition coefficient (Wildman–Crippen LogP) is 4.13. The fourth-order valence-corrected chi connectivity index (χ4v) is 3.92. The third kappa shape index (κ3) is 4.10. The Hall–Kier alpha value is -1.54. The van der Waals surface area contributed by atoms with Crippen LogP contribution in [-0.2, 0) is 16.1 Å². The highest BCUT2D eigenvalue weighted by Crippen LogP contribution is 2.29. The maximum atomic E-state index is 11.8. The number of carbonyl (C=O) groups excluding carboxylic acids is 1. The van der Waals surface area contributed by atoms with E-state index in [0.29, 0.717) is 31.0 Å². The second-order valence-electron chi connectivity index (χ2n) is 4.67. The molecule has 0 aliphatic rings. The van der Waals surface area contributed by atoms with Gasteiger partial charge in [-0.3, -0.25) is 9.59 Å². The minimum atomic E-state index is -0.441. The number of H-pyrrole nitrogens is 1. The third-order valence-corrected chi connectivity index (χ3v) is 5.58. The van der Waals surface area contributed by atoms with Crippen LogP contribution in [0.2, 0.25) is 10.0 Å². The van der Waals surface area contributed by atoms with Crippen LogP contribution in [0.4, 0.5) is 0 Å². The number of halogens is 2. The molecule has 0 aliphatic heterocycles. The van der Waals surface area contributed by atoms with Gasteiger partial charge in [-0.05, 0) is 29.6 Å². The van der Waals surface area contributed by atoms with Crippen molar-refractivity contribution >= 4 is 62.5 Å². The van der Waals surface area contributed by atoms with Crippen LogP contribution in [0, 0.1) is 0 Å². The number of nitrogens with zero attached hydrogens (tertiary/aromatic N) is 1. The molecular weight excluding hydrogens is 391 g/mol. The van der Waals surface area contributed by atoms with Crippen molar-refractivity contribution in [1.82, 2.24) is 9.97 Å². The molecule has 0 atom stereocenters. The second-order valence-corrected chi connectivity index (χ2v) is 7.45. The molecule has 3 rings (SSSR count). The first kappa shape index (κ1) is 17.3. The lowest BCUT2D eigenvalue weighted by Crippen LogP contribution is -2.14. The van der Waals surface area contributed by atoms with E-state index in [4.69, 9.17) is 27.9 Å². The highest BCUT2D eigenvalue weighted by Gasteiger charge is 2.10. The van der Waals surface area contributed by atoms with Gasteiger partial charge in [0.1, 0.15) is 17.1 Å². The summed E-state index contributed by atoms with van der Waals surface area (Å²) in [6, 6.07) is 6.78. The summed E-state index contributed by atoms with van der Waals surface area (Å²) in [6.07, 6.45) is 0. The lowest BCUT2D eigenvalue weighted by Gasteiger charge is -2.06. The lowest BCUT2D eigenvalue weighted by molar-refractivity contribution is -0.141. The molecule has 0 amide bonds. The Kier molecular flexibility index (Phi) is 5.45. The van der Waals surface area contributed by atoms with E-state index in [-0.39, 0.29) is 17.9 Å². The summed E-state index contributed by atoms with van der Waals surface area (Å²) in [5, 5.41) is 2.85. The molecule has 2 heterocycles. The topological polar surface area (TPSA) is 72.0 Å². The van der Waals surface area contributed by atoms with Crippen molar-refractivity contribution in [3.8, 4) is 0 Å². The van der Waals surface area contributed by atoms with Crippen LogP contribution in [0.15, 0.2) is 39.3 Å². The number of nitrogens with one attached hydrogen (secondary N) is 1. The van der Waals surface area contributed by atoms with Crippen molar-refractivity contribution in [2.24, 2.45) is 0 Å². The van der Waals surface area contributed by atoms with Gasteiger partial charge in [-0.1, -0.05) is 23.2 Å². The van der Waals surface area contributed by atoms with Gasteiger partial charge < -0.3 is 9.72 Å². The minimum absolute atomic E-state index is 0.0744. The van der Waals surface area contributed by atoms with E-state index in [1.807, 2.05) is 0 Å². The van der Waals surface area contributed by atoms with Crippen LogP contribution >= 0.6 is 46.3 Å². The van der Waals surface area contributed by atoms with Crippen molar-refractivity contribution in [2.75, 3.05) is 5.75 Å². The first-order chi connectivity index (χ1) is 11.5. The maximum absolute atomic E-state index is 11.8. The number of aromatic nitrogens is 2. The Balaban J connectivity index is 1.58. The van der Waals surface area contributed by atoms with Crippen LogP contribution in [0.1, 0.15) is 5.82 Å². The summed E-state index contributed by atoms with van der Waals surface area (Å²) in [7, 11) is 0. The Morgan fingerprint density at radius 2 is 2.17 bits per heavy atom. The summed E-state index contributed by atoms with van der Waals surface area (Å²) in [5.41, 5.74) is 0.357. The summed E-state index contributed by atoms with van der Waals surface area (Å²) in [5.74, 6) is -0.0560. The van der Waals surface area contributed by atoms with E-state index >= 15 is 0 Å².